The largest absolute Gasteiger partial charge is 0.257 e. The fourth-order valence-corrected chi connectivity index (χ4v) is 5.35. The molecule has 15 heavy (non-hydrogen) atoms. The Morgan fingerprint density at radius 2 is 1.47 bits per heavy atom. The van der Waals surface area contributed by atoms with Crippen LogP contribution < -0.4 is 0 Å². The van der Waals surface area contributed by atoms with E-state index in [0.717, 1.165) is 13.8 Å². The fourth-order valence-electron chi connectivity index (χ4n) is 0.686. The van der Waals surface area contributed by atoms with E-state index in [1.807, 2.05) is 0 Å². The van der Waals surface area contributed by atoms with Crippen LogP contribution in [0.1, 0.15) is 0 Å². The summed E-state index contributed by atoms with van der Waals surface area (Å²) in [5.74, 6) is 0. The smallest absolute Gasteiger partial charge is 0.177 e. The first kappa shape index (κ1) is 11.7. The molecule has 2 rings (SSSR count). The van der Waals surface area contributed by atoms with Gasteiger partial charge >= 0.3 is 0 Å². The molecule has 0 unspecified atom stereocenters. The van der Waals surface area contributed by atoms with E-state index in [1.54, 1.807) is 23.5 Å². The highest BCUT2D eigenvalue weighted by Crippen LogP contribution is 2.29. The third-order valence-corrected chi connectivity index (χ3v) is 5.80. The zero-order chi connectivity index (χ0) is 10.7. The number of H-pyrrole nitrogens is 2. The molecule has 2 N–H and O–H groups in total. The van der Waals surface area contributed by atoms with Gasteiger partial charge in [0.15, 0.2) is 16.6 Å². The first-order valence-electron chi connectivity index (χ1n) is 3.60. The Morgan fingerprint density at radius 3 is 1.80 bits per heavy atom. The van der Waals surface area contributed by atoms with Crippen LogP contribution in [0.5, 0.6) is 0 Å². The van der Waals surface area contributed by atoms with Gasteiger partial charge in [-0.2, -0.15) is 10.2 Å². The molecule has 0 aromatic carbocycles. The highest BCUT2D eigenvalue weighted by atomic mass is 32.2. The molecule has 0 radical (unpaired) electrons. The molecule has 0 bridgehead atoms. The number of hydrogen-bond acceptors (Lipinski definition) is 8. The molecular formula is C5H4N4S6. The lowest BCUT2D eigenvalue weighted by Gasteiger charge is -1.92. The second-order valence-corrected chi connectivity index (χ2v) is 8.31. The van der Waals surface area contributed by atoms with Crippen molar-refractivity contribution in [2.75, 3.05) is 5.08 Å². The van der Waals surface area contributed by atoms with Crippen molar-refractivity contribution in [3.8, 4) is 0 Å². The van der Waals surface area contributed by atoms with Gasteiger partial charge in [-0.05, 0) is 24.4 Å². The summed E-state index contributed by atoms with van der Waals surface area (Å²) in [6.45, 7) is 0. The number of aromatic amines is 2. The number of hydrogen-bond donors (Lipinski definition) is 2. The van der Waals surface area contributed by atoms with E-state index in [-0.39, 0.29) is 0 Å². The van der Waals surface area contributed by atoms with Crippen molar-refractivity contribution in [3.05, 3.63) is 7.91 Å². The van der Waals surface area contributed by atoms with Gasteiger partial charge in [0.25, 0.3) is 0 Å². The lowest BCUT2D eigenvalue weighted by Crippen LogP contribution is -1.74. The molecular weight excluding hydrogens is 308 g/mol. The minimum atomic E-state index is 0.706. The van der Waals surface area contributed by atoms with Crippen LogP contribution in [0.25, 0.3) is 0 Å². The monoisotopic (exact) mass is 312 g/mol. The van der Waals surface area contributed by atoms with E-state index in [9.17, 15) is 0 Å². The van der Waals surface area contributed by atoms with Gasteiger partial charge in [-0.15, -0.1) is 0 Å². The Labute approximate surface area is 112 Å². The molecule has 0 amide bonds. The molecule has 0 saturated heterocycles. The number of nitrogens with one attached hydrogen (secondary N) is 2. The van der Waals surface area contributed by atoms with E-state index in [0.29, 0.717) is 7.91 Å². The summed E-state index contributed by atoms with van der Waals surface area (Å²) in [7, 11) is 0. The van der Waals surface area contributed by atoms with Gasteiger partial charge in [-0.25, -0.2) is 0 Å². The van der Waals surface area contributed by atoms with E-state index in [1.165, 1.54) is 22.7 Å². The van der Waals surface area contributed by atoms with Crippen molar-refractivity contribution in [1.29, 1.82) is 0 Å². The Balaban J connectivity index is 1.85. The van der Waals surface area contributed by atoms with Crippen LogP contribution in [0.2, 0.25) is 0 Å². The van der Waals surface area contributed by atoms with Gasteiger partial charge in [-0.3, -0.25) is 10.2 Å². The summed E-state index contributed by atoms with van der Waals surface area (Å²) >= 11 is 16.1. The maximum absolute atomic E-state index is 4.93. The Kier molecular flexibility index (Phi) is 4.34. The molecule has 2 aromatic rings. The van der Waals surface area contributed by atoms with Gasteiger partial charge in [0.2, 0.25) is 0 Å². The van der Waals surface area contributed by atoms with Crippen molar-refractivity contribution in [2.45, 2.75) is 8.68 Å². The molecule has 0 aliphatic carbocycles. The van der Waals surface area contributed by atoms with Gasteiger partial charge in [0.1, 0.15) is 0 Å². The number of rotatable bonds is 4. The first-order chi connectivity index (χ1) is 7.24. The molecule has 0 aliphatic heterocycles. The lowest BCUT2D eigenvalue weighted by atomic mass is 11.6. The lowest BCUT2D eigenvalue weighted by molar-refractivity contribution is 1.00. The third kappa shape index (κ3) is 3.64. The molecule has 0 fully saturated rings. The Bertz CT molecular complexity index is 485. The van der Waals surface area contributed by atoms with Crippen LogP contribution in [0.3, 0.4) is 0 Å². The van der Waals surface area contributed by atoms with Crippen molar-refractivity contribution in [2.24, 2.45) is 0 Å². The van der Waals surface area contributed by atoms with E-state index < -0.39 is 0 Å². The van der Waals surface area contributed by atoms with Crippen molar-refractivity contribution in [3.63, 3.8) is 0 Å². The average Bonchev–Trinajstić information content (AvgIpc) is 2.76. The molecule has 0 saturated carbocycles. The summed E-state index contributed by atoms with van der Waals surface area (Å²) in [6, 6.07) is 0. The fraction of sp³-hybridized carbons (Fsp3) is 0.200. The SMILES string of the molecule is S=c1[nH]nc(SCSc2n[nH]c(=S)s2)s1. The zero-order valence-electron chi connectivity index (χ0n) is 7.05. The van der Waals surface area contributed by atoms with Crippen LogP contribution >= 0.6 is 70.6 Å². The normalized spacial score (nSPS) is 10.7. The standard InChI is InChI=1S/C5H4N4S6/c10-2-6-8-4(14-2)12-1-13-5-9-7-3(11)15-5/h1H2,(H,6,10)(H,7,11). The van der Waals surface area contributed by atoms with Gasteiger partial charge in [0.05, 0.1) is 5.08 Å². The van der Waals surface area contributed by atoms with Crippen LogP contribution in [0.15, 0.2) is 8.68 Å². The highest BCUT2D eigenvalue weighted by molar-refractivity contribution is 8.17. The molecule has 0 spiro atoms. The minimum absolute atomic E-state index is 0.706. The van der Waals surface area contributed by atoms with Crippen LogP contribution in [0.4, 0.5) is 0 Å². The highest BCUT2D eigenvalue weighted by Gasteiger charge is 2.02. The second-order valence-electron chi connectivity index (χ2n) is 2.16. The molecule has 80 valence electrons. The second kappa shape index (κ2) is 5.55. The van der Waals surface area contributed by atoms with Gasteiger partial charge < -0.3 is 0 Å². The number of thioether (sulfide) groups is 2. The number of nitrogens with zero attached hydrogens (tertiary/aromatic N) is 2. The molecule has 2 aromatic heterocycles. The van der Waals surface area contributed by atoms with Crippen molar-refractivity contribution < 1.29 is 0 Å². The van der Waals surface area contributed by atoms with Crippen LogP contribution in [-0.4, -0.2) is 25.5 Å². The zero-order valence-corrected chi connectivity index (χ0v) is 12.0. The predicted octanol–water partition coefficient (Wildman–Crippen LogP) is 3.56. The summed E-state index contributed by atoms with van der Waals surface area (Å²) < 4.78 is 3.31. The summed E-state index contributed by atoms with van der Waals surface area (Å²) in [5.41, 5.74) is 0. The van der Waals surface area contributed by atoms with E-state index >= 15 is 0 Å². The third-order valence-electron chi connectivity index (χ3n) is 1.20. The molecule has 10 heteroatoms. The van der Waals surface area contributed by atoms with Crippen molar-refractivity contribution >= 4 is 70.6 Å². The maximum Gasteiger partial charge on any atom is 0.177 e. The van der Waals surface area contributed by atoms with Crippen LogP contribution in [0, 0.1) is 7.91 Å². The van der Waals surface area contributed by atoms with Crippen molar-refractivity contribution in [1.82, 2.24) is 20.4 Å². The minimum Gasteiger partial charge on any atom is -0.257 e. The molecule has 0 atom stereocenters. The molecule has 4 nitrogen and oxygen atoms in total. The van der Waals surface area contributed by atoms with E-state index in [2.05, 4.69) is 20.4 Å². The average molecular weight is 313 g/mol. The predicted molar refractivity (Wildman–Crippen MR) is 71.2 cm³/mol. The van der Waals surface area contributed by atoms with E-state index in [4.69, 9.17) is 24.4 Å². The quantitative estimate of drug-likeness (QED) is 0.511. The van der Waals surface area contributed by atoms with Crippen LogP contribution in [-0.2, 0) is 0 Å². The molecule has 2 heterocycles. The van der Waals surface area contributed by atoms with Gasteiger partial charge in [-0.1, -0.05) is 46.2 Å². The summed E-state index contributed by atoms with van der Waals surface area (Å²) in [4.78, 5) is 0. The Morgan fingerprint density at radius 1 is 1.00 bits per heavy atom. The Hall–Kier alpha value is 0.260. The summed E-state index contributed by atoms with van der Waals surface area (Å²) in [6.07, 6.45) is 0. The summed E-state index contributed by atoms with van der Waals surface area (Å²) in [5, 5.41) is 14.4. The first-order valence-corrected chi connectivity index (χ1v) is 8.03. The molecule has 0 aliphatic rings. The number of aromatic nitrogens is 4. The van der Waals surface area contributed by atoms with Gasteiger partial charge in [0, 0.05) is 0 Å². The maximum atomic E-state index is 4.93. The topological polar surface area (TPSA) is 57.4 Å².